The first kappa shape index (κ1) is 13.9. The van der Waals surface area contributed by atoms with Crippen molar-refractivity contribution in [3.05, 3.63) is 28.8 Å². The number of aliphatic hydroxyl groups is 1. The highest BCUT2D eigenvalue weighted by Gasteiger charge is 2.18. The lowest BCUT2D eigenvalue weighted by Crippen LogP contribution is -2.10. The molecule has 0 radical (unpaired) electrons. The Morgan fingerprint density at radius 1 is 1.50 bits per heavy atom. The average Bonchev–Trinajstić information content (AvgIpc) is 2.28. The summed E-state index contributed by atoms with van der Waals surface area (Å²) in [4.78, 5) is 10.6. The number of carbonyl (C=O) groups is 1. The summed E-state index contributed by atoms with van der Waals surface area (Å²) < 4.78 is 28.6. The fourth-order valence-electron chi connectivity index (χ4n) is 1.48. The standard InChI is InChI=1S/C11H9F2NO4/c12-11(13)18-10-7(4-14)2-1-6(3-9(16)17)8(10)5-15/h1-2,11,15H,3,5H2,(H,16,17). The molecule has 5 nitrogen and oxygen atoms in total. The molecular weight excluding hydrogens is 248 g/mol. The Kier molecular flexibility index (Phi) is 4.57. The number of rotatable bonds is 5. The normalized spacial score (nSPS) is 10.2. The van der Waals surface area contributed by atoms with Gasteiger partial charge in [0.05, 0.1) is 18.6 Å². The smallest absolute Gasteiger partial charge is 0.387 e. The van der Waals surface area contributed by atoms with Gasteiger partial charge in [-0.2, -0.15) is 14.0 Å². The summed E-state index contributed by atoms with van der Waals surface area (Å²) in [5.74, 6) is -1.66. The zero-order valence-corrected chi connectivity index (χ0v) is 9.06. The molecule has 2 N–H and O–H groups in total. The summed E-state index contributed by atoms with van der Waals surface area (Å²) in [6, 6.07) is 4.10. The lowest BCUT2D eigenvalue weighted by Gasteiger charge is -2.14. The Bertz CT molecular complexity index is 497. The Morgan fingerprint density at radius 2 is 2.17 bits per heavy atom. The number of aliphatic carboxylic acids is 1. The molecule has 0 fully saturated rings. The largest absolute Gasteiger partial charge is 0.481 e. The van der Waals surface area contributed by atoms with Gasteiger partial charge >= 0.3 is 12.6 Å². The van der Waals surface area contributed by atoms with Crippen molar-refractivity contribution >= 4 is 5.97 Å². The highest BCUT2D eigenvalue weighted by molar-refractivity contribution is 5.71. The molecule has 0 amide bonds. The first-order valence-corrected chi connectivity index (χ1v) is 4.82. The second kappa shape index (κ2) is 5.93. The van der Waals surface area contributed by atoms with Gasteiger partial charge < -0.3 is 14.9 Å². The highest BCUT2D eigenvalue weighted by atomic mass is 19.3. The molecule has 0 heterocycles. The molecule has 1 aromatic carbocycles. The van der Waals surface area contributed by atoms with Crippen LogP contribution in [0.4, 0.5) is 8.78 Å². The number of carboxylic acid groups (broad SMARTS) is 1. The number of hydrogen-bond acceptors (Lipinski definition) is 4. The van der Waals surface area contributed by atoms with E-state index in [1.54, 1.807) is 6.07 Å². The summed E-state index contributed by atoms with van der Waals surface area (Å²) >= 11 is 0. The van der Waals surface area contributed by atoms with E-state index in [1.807, 2.05) is 0 Å². The summed E-state index contributed by atoms with van der Waals surface area (Å²) in [6.45, 7) is -3.86. The third-order valence-electron chi connectivity index (χ3n) is 2.18. The predicted molar refractivity (Wildman–Crippen MR) is 55.1 cm³/mol. The molecule has 18 heavy (non-hydrogen) atoms. The van der Waals surface area contributed by atoms with E-state index in [-0.39, 0.29) is 16.7 Å². The van der Waals surface area contributed by atoms with Crippen LogP contribution in [0.5, 0.6) is 5.75 Å². The van der Waals surface area contributed by atoms with Gasteiger partial charge in [-0.25, -0.2) is 0 Å². The third-order valence-corrected chi connectivity index (χ3v) is 2.18. The predicted octanol–water partition coefficient (Wildman–Crippen LogP) is 1.28. The molecule has 0 spiro atoms. The summed E-state index contributed by atoms with van der Waals surface area (Å²) in [5.41, 5.74) is -0.176. The number of aliphatic hydroxyl groups excluding tert-OH is 1. The monoisotopic (exact) mass is 257 g/mol. The van der Waals surface area contributed by atoms with Crippen LogP contribution in [0.1, 0.15) is 16.7 Å². The molecule has 1 aromatic rings. The number of nitriles is 1. The van der Waals surface area contributed by atoms with Crippen molar-refractivity contribution < 1.29 is 28.5 Å². The van der Waals surface area contributed by atoms with Crippen LogP contribution in [0.25, 0.3) is 0 Å². The van der Waals surface area contributed by atoms with Crippen LogP contribution in [-0.2, 0) is 17.8 Å². The maximum Gasteiger partial charge on any atom is 0.387 e. The molecule has 0 saturated heterocycles. The van der Waals surface area contributed by atoms with E-state index in [0.717, 1.165) is 0 Å². The maximum atomic E-state index is 12.2. The van der Waals surface area contributed by atoms with E-state index >= 15 is 0 Å². The Morgan fingerprint density at radius 3 is 2.61 bits per heavy atom. The lowest BCUT2D eigenvalue weighted by atomic mass is 10.0. The van der Waals surface area contributed by atoms with Crippen LogP contribution in [0.15, 0.2) is 12.1 Å². The third kappa shape index (κ3) is 3.15. The number of benzene rings is 1. The van der Waals surface area contributed by atoms with Crippen molar-refractivity contribution in [3.8, 4) is 11.8 Å². The van der Waals surface area contributed by atoms with E-state index in [1.165, 1.54) is 12.1 Å². The minimum atomic E-state index is -3.16. The molecule has 0 aromatic heterocycles. The first-order chi connectivity index (χ1) is 8.49. The van der Waals surface area contributed by atoms with Gasteiger partial charge in [-0.05, 0) is 11.6 Å². The van der Waals surface area contributed by atoms with Crippen LogP contribution >= 0.6 is 0 Å². The Labute approximate surface area is 101 Å². The SMILES string of the molecule is N#Cc1ccc(CC(=O)O)c(CO)c1OC(F)F. The van der Waals surface area contributed by atoms with Crippen LogP contribution in [0, 0.1) is 11.3 Å². The summed E-state index contributed by atoms with van der Waals surface area (Å²) in [6.07, 6.45) is -0.457. The number of hydrogen-bond donors (Lipinski definition) is 2. The number of carboxylic acids is 1. The van der Waals surface area contributed by atoms with Gasteiger partial charge in [-0.1, -0.05) is 6.07 Å². The lowest BCUT2D eigenvalue weighted by molar-refractivity contribution is -0.136. The summed E-state index contributed by atoms with van der Waals surface area (Å²) in [7, 11) is 0. The molecule has 0 aliphatic carbocycles. The number of alkyl halides is 2. The molecule has 0 saturated carbocycles. The molecular formula is C11H9F2NO4. The fraction of sp³-hybridized carbons (Fsp3) is 0.273. The van der Waals surface area contributed by atoms with Crippen molar-refractivity contribution in [1.29, 1.82) is 5.26 Å². The van der Waals surface area contributed by atoms with E-state index in [2.05, 4.69) is 4.74 Å². The minimum absolute atomic E-state index is 0.114. The molecule has 0 atom stereocenters. The van der Waals surface area contributed by atoms with Crippen molar-refractivity contribution in [2.45, 2.75) is 19.6 Å². The van der Waals surface area contributed by atoms with Gasteiger partial charge in [0.25, 0.3) is 0 Å². The molecule has 96 valence electrons. The number of ether oxygens (including phenoxy) is 1. The first-order valence-electron chi connectivity index (χ1n) is 4.82. The fourth-order valence-corrected chi connectivity index (χ4v) is 1.48. The van der Waals surface area contributed by atoms with Crippen molar-refractivity contribution in [3.63, 3.8) is 0 Å². The maximum absolute atomic E-state index is 12.2. The van der Waals surface area contributed by atoms with Gasteiger partial charge in [0.1, 0.15) is 11.8 Å². The summed E-state index contributed by atoms with van der Waals surface area (Å²) in [5, 5.41) is 26.5. The molecule has 0 bridgehead atoms. The van der Waals surface area contributed by atoms with Crippen LogP contribution in [0.3, 0.4) is 0 Å². The number of nitrogens with zero attached hydrogens (tertiary/aromatic N) is 1. The van der Waals surface area contributed by atoms with Gasteiger partial charge in [-0.3, -0.25) is 4.79 Å². The van der Waals surface area contributed by atoms with Gasteiger partial charge in [0.15, 0.2) is 0 Å². The van der Waals surface area contributed by atoms with Gasteiger partial charge in [-0.15, -0.1) is 0 Å². The molecule has 0 aliphatic heterocycles. The van der Waals surface area contributed by atoms with E-state index < -0.39 is 31.4 Å². The van der Waals surface area contributed by atoms with E-state index in [9.17, 15) is 13.6 Å². The Hall–Kier alpha value is -2.20. The van der Waals surface area contributed by atoms with Crippen LogP contribution in [0.2, 0.25) is 0 Å². The molecule has 1 rings (SSSR count). The van der Waals surface area contributed by atoms with Crippen LogP contribution in [-0.4, -0.2) is 22.8 Å². The minimum Gasteiger partial charge on any atom is -0.481 e. The Balaban J connectivity index is 3.32. The second-order valence-corrected chi connectivity index (χ2v) is 3.30. The number of halogens is 2. The van der Waals surface area contributed by atoms with Gasteiger partial charge in [0.2, 0.25) is 0 Å². The van der Waals surface area contributed by atoms with Crippen molar-refractivity contribution in [2.75, 3.05) is 0 Å². The topological polar surface area (TPSA) is 90.6 Å². The zero-order chi connectivity index (χ0) is 13.7. The van der Waals surface area contributed by atoms with Crippen LogP contribution < -0.4 is 4.74 Å². The zero-order valence-electron chi connectivity index (χ0n) is 9.06. The quantitative estimate of drug-likeness (QED) is 0.829. The highest BCUT2D eigenvalue weighted by Crippen LogP contribution is 2.29. The van der Waals surface area contributed by atoms with Crippen molar-refractivity contribution in [1.82, 2.24) is 0 Å². The average molecular weight is 257 g/mol. The second-order valence-electron chi connectivity index (χ2n) is 3.30. The van der Waals surface area contributed by atoms with Gasteiger partial charge in [0, 0.05) is 5.56 Å². The van der Waals surface area contributed by atoms with Crippen molar-refractivity contribution in [2.24, 2.45) is 0 Å². The molecule has 0 aliphatic rings. The molecule has 7 heteroatoms. The van der Waals surface area contributed by atoms with E-state index in [4.69, 9.17) is 15.5 Å². The molecule has 0 unspecified atom stereocenters. The van der Waals surface area contributed by atoms with E-state index in [0.29, 0.717) is 0 Å².